The van der Waals surface area contributed by atoms with E-state index in [1.807, 2.05) is 0 Å². The molecular weight excluding hydrogens is 338 g/mol. The van der Waals surface area contributed by atoms with Gasteiger partial charge in [0.05, 0.1) is 28.1 Å². The van der Waals surface area contributed by atoms with Gasteiger partial charge in [0.25, 0.3) is 11.6 Å². The van der Waals surface area contributed by atoms with Gasteiger partial charge in [-0.25, -0.2) is 9.69 Å². The molecular formula is C18H15N3O5. The molecule has 0 spiro atoms. The Bertz CT molecular complexity index is 990. The number of carbonyl (C=O) groups is 2. The first kappa shape index (κ1) is 15.3. The molecule has 3 fully saturated rings. The summed E-state index contributed by atoms with van der Waals surface area (Å²) in [5.74, 6) is -0.339. The second-order valence-corrected chi connectivity index (χ2v) is 7.08. The molecule has 2 bridgehead atoms. The van der Waals surface area contributed by atoms with Gasteiger partial charge in [0.2, 0.25) is 0 Å². The fourth-order valence-electron chi connectivity index (χ4n) is 4.79. The molecule has 8 heteroatoms. The number of hydrogen-bond donors (Lipinski definition) is 1. The van der Waals surface area contributed by atoms with Gasteiger partial charge >= 0.3 is 6.03 Å². The van der Waals surface area contributed by atoms with Crippen LogP contribution in [0, 0.1) is 16.0 Å². The molecule has 3 aliphatic rings. The lowest BCUT2D eigenvalue weighted by atomic mass is 9.98. The zero-order valence-electron chi connectivity index (χ0n) is 13.6. The van der Waals surface area contributed by atoms with Crippen LogP contribution in [0.15, 0.2) is 36.4 Å². The average molecular weight is 353 g/mol. The topological polar surface area (TPSA) is 104 Å². The van der Waals surface area contributed by atoms with Gasteiger partial charge in [-0.15, -0.1) is 0 Å². The molecule has 2 aromatic carbocycles. The third-order valence-corrected chi connectivity index (χ3v) is 5.84. The van der Waals surface area contributed by atoms with E-state index >= 15 is 0 Å². The monoisotopic (exact) mass is 353 g/mol. The van der Waals surface area contributed by atoms with Crippen LogP contribution in [0.4, 0.5) is 16.2 Å². The van der Waals surface area contributed by atoms with Crippen LogP contribution in [0.2, 0.25) is 0 Å². The van der Waals surface area contributed by atoms with Gasteiger partial charge in [-0.2, -0.15) is 0 Å². The maximum absolute atomic E-state index is 13.0. The number of nitrogens with zero attached hydrogens (tertiary/aromatic N) is 3. The molecule has 1 N–H and O–H groups in total. The summed E-state index contributed by atoms with van der Waals surface area (Å²) >= 11 is 0. The number of urea groups is 1. The van der Waals surface area contributed by atoms with E-state index in [1.165, 1.54) is 17.0 Å². The average Bonchev–Trinajstić information content (AvgIpc) is 3.25. The first-order valence-electron chi connectivity index (χ1n) is 8.49. The highest BCUT2D eigenvalue weighted by molar-refractivity contribution is 6.25. The van der Waals surface area contributed by atoms with E-state index < -0.39 is 23.1 Å². The Kier molecular flexibility index (Phi) is 2.94. The molecule has 2 saturated heterocycles. The smallest absolute Gasteiger partial charge is 0.332 e. The standard InChI is InChI=1S/C18H15N3O5/c22-15-8-9-7-14(15)19-16(9)17(23)20(18(19)24)12-5-6-13(21(25)26)11-4-2-1-3-10(11)12/h1-6,9,14-16,22H,7-8H2/t9-,14+,15-,16+/m0/s1. The number of fused-ring (bicyclic) bond motifs is 6. The number of carbonyl (C=O) groups excluding carboxylic acids is 2. The number of rotatable bonds is 2. The van der Waals surface area contributed by atoms with E-state index in [0.717, 1.165) is 4.90 Å². The minimum atomic E-state index is -0.596. The number of aliphatic hydroxyl groups excluding tert-OH is 1. The van der Waals surface area contributed by atoms with E-state index in [-0.39, 0.29) is 23.6 Å². The number of anilines is 1. The maximum atomic E-state index is 13.0. The van der Waals surface area contributed by atoms with E-state index in [1.54, 1.807) is 24.3 Å². The van der Waals surface area contributed by atoms with Crippen LogP contribution in [0.25, 0.3) is 10.8 Å². The van der Waals surface area contributed by atoms with Crippen LogP contribution in [0.5, 0.6) is 0 Å². The van der Waals surface area contributed by atoms with Crippen molar-refractivity contribution in [2.75, 3.05) is 4.90 Å². The second kappa shape index (κ2) is 5.01. The van der Waals surface area contributed by atoms with Gasteiger partial charge in [0, 0.05) is 11.5 Å². The fourth-order valence-corrected chi connectivity index (χ4v) is 4.79. The van der Waals surface area contributed by atoms with Gasteiger partial charge < -0.3 is 10.0 Å². The molecule has 1 aliphatic carbocycles. The molecule has 132 valence electrons. The van der Waals surface area contributed by atoms with Crippen LogP contribution in [-0.4, -0.2) is 45.1 Å². The summed E-state index contributed by atoms with van der Waals surface area (Å²) in [6.45, 7) is 0. The van der Waals surface area contributed by atoms with Crippen molar-refractivity contribution in [2.24, 2.45) is 5.92 Å². The maximum Gasteiger partial charge on any atom is 0.332 e. The van der Waals surface area contributed by atoms with Crippen LogP contribution in [-0.2, 0) is 4.79 Å². The number of nitro benzene ring substituents is 1. The molecule has 5 rings (SSSR count). The van der Waals surface area contributed by atoms with Crippen molar-refractivity contribution in [1.29, 1.82) is 0 Å². The van der Waals surface area contributed by atoms with Crippen LogP contribution in [0.1, 0.15) is 12.8 Å². The molecule has 4 atom stereocenters. The second-order valence-electron chi connectivity index (χ2n) is 7.08. The van der Waals surface area contributed by atoms with Crippen molar-refractivity contribution in [3.05, 3.63) is 46.5 Å². The molecule has 8 nitrogen and oxygen atoms in total. The zero-order valence-corrected chi connectivity index (χ0v) is 13.6. The highest BCUT2D eigenvalue weighted by Crippen LogP contribution is 2.48. The first-order valence-corrected chi connectivity index (χ1v) is 8.49. The number of aliphatic hydroxyl groups is 1. The van der Waals surface area contributed by atoms with Crippen molar-refractivity contribution in [2.45, 2.75) is 31.0 Å². The van der Waals surface area contributed by atoms with Crippen molar-refractivity contribution < 1.29 is 19.6 Å². The number of non-ortho nitro benzene ring substituents is 1. The fraction of sp³-hybridized carbons (Fsp3) is 0.333. The van der Waals surface area contributed by atoms with Crippen LogP contribution < -0.4 is 4.90 Å². The minimum absolute atomic E-state index is 0.0271. The SMILES string of the molecule is O=C1[C@H]2[C@H]3C[C@H]([C@@H](O)C3)N2C(=O)N1c1ccc([N+](=O)[O-])c2ccccc12. The Hall–Kier alpha value is -3.00. The number of imide groups is 1. The molecule has 0 aromatic heterocycles. The van der Waals surface area contributed by atoms with Crippen molar-refractivity contribution in [1.82, 2.24) is 4.90 Å². The van der Waals surface area contributed by atoms with Gasteiger partial charge in [0.1, 0.15) is 6.04 Å². The third kappa shape index (κ3) is 1.76. The van der Waals surface area contributed by atoms with Crippen LogP contribution >= 0.6 is 0 Å². The summed E-state index contributed by atoms with van der Waals surface area (Å²) in [4.78, 5) is 39.4. The molecule has 2 aromatic rings. The Labute approximate surface area is 147 Å². The third-order valence-electron chi connectivity index (χ3n) is 5.84. The van der Waals surface area contributed by atoms with E-state index in [4.69, 9.17) is 0 Å². The largest absolute Gasteiger partial charge is 0.391 e. The van der Waals surface area contributed by atoms with Gasteiger partial charge in [-0.3, -0.25) is 14.9 Å². The normalized spacial score (nSPS) is 29.7. The molecule has 2 heterocycles. The summed E-state index contributed by atoms with van der Waals surface area (Å²) in [7, 11) is 0. The van der Waals surface area contributed by atoms with E-state index in [0.29, 0.717) is 29.3 Å². The molecule has 3 amide bonds. The first-order chi connectivity index (χ1) is 12.5. The number of benzene rings is 2. The van der Waals surface area contributed by atoms with Crippen molar-refractivity contribution >= 4 is 34.1 Å². The quantitative estimate of drug-likeness (QED) is 0.505. The van der Waals surface area contributed by atoms with Crippen LogP contribution in [0.3, 0.4) is 0 Å². The minimum Gasteiger partial charge on any atom is -0.391 e. The molecule has 2 aliphatic heterocycles. The van der Waals surface area contributed by atoms with Gasteiger partial charge in [-0.1, -0.05) is 18.2 Å². The van der Waals surface area contributed by atoms with Gasteiger partial charge in [0.15, 0.2) is 0 Å². The summed E-state index contributed by atoms with van der Waals surface area (Å²) < 4.78 is 0. The highest BCUT2D eigenvalue weighted by Gasteiger charge is 2.62. The summed E-state index contributed by atoms with van der Waals surface area (Å²) in [5.41, 5.74) is 0.281. The van der Waals surface area contributed by atoms with Crippen molar-refractivity contribution in [3.8, 4) is 0 Å². The number of piperidine rings is 1. The molecule has 0 unspecified atom stereocenters. The summed E-state index contributed by atoms with van der Waals surface area (Å²) in [5, 5.41) is 22.3. The summed E-state index contributed by atoms with van der Waals surface area (Å²) in [6.07, 6.45) is 0.583. The number of hydrogen-bond acceptors (Lipinski definition) is 5. The van der Waals surface area contributed by atoms with Crippen molar-refractivity contribution in [3.63, 3.8) is 0 Å². The Morgan fingerprint density at radius 3 is 2.54 bits per heavy atom. The molecule has 0 radical (unpaired) electrons. The molecule has 1 saturated carbocycles. The zero-order chi connectivity index (χ0) is 18.2. The summed E-state index contributed by atoms with van der Waals surface area (Å²) in [6, 6.07) is 8.14. The van der Waals surface area contributed by atoms with Gasteiger partial charge in [-0.05, 0) is 30.9 Å². The predicted molar refractivity (Wildman–Crippen MR) is 91.6 cm³/mol. The highest BCUT2D eigenvalue weighted by atomic mass is 16.6. The number of nitro groups is 1. The Balaban J connectivity index is 1.66. The van der Waals surface area contributed by atoms with E-state index in [9.17, 15) is 24.8 Å². The Morgan fingerprint density at radius 1 is 1.08 bits per heavy atom. The lowest BCUT2D eigenvalue weighted by Crippen LogP contribution is -2.47. The number of amides is 3. The molecule has 26 heavy (non-hydrogen) atoms. The lowest BCUT2D eigenvalue weighted by Gasteiger charge is -2.29. The van der Waals surface area contributed by atoms with E-state index in [2.05, 4.69) is 0 Å². The Morgan fingerprint density at radius 2 is 1.81 bits per heavy atom. The predicted octanol–water partition coefficient (Wildman–Crippen LogP) is 2.04. The lowest BCUT2D eigenvalue weighted by molar-refractivity contribution is -0.383.